The minimum Gasteiger partial charge on any atom is -0.350 e. The number of carbonyl (C=O) groups is 1. The fraction of sp³-hybridized carbons (Fsp3) is 0.737. The van der Waals surface area contributed by atoms with Gasteiger partial charge in [0.05, 0.1) is 13.2 Å². The number of likely N-dealkylation sites (tertiary alicyclic amines) is 1. The SMILES string of the molecule is O=C(CCN1CCCC(C2OCCO2)C1)N1CCN(c2ncccn2)CC1. The number of carbonyl (C=O) groups excluding carboxylic acids is 1. The van der Waals surface area contributed by atoms with Crippen molar-refractivity contribution >= 4 is 11.9 Å². The standard InChI is InChI=1S/C19H29N5O3/c25-17(23-9-11-24(12-10-23)19-20-5-2-6-21-19)4-8-22-7-1-3-16(15-22)18-26-13-14-27-18/h2,5-6,16,18H,1,3-4,7-15H2. The highest BCUT2D eigenvalue weighted by atomic mass is 16.7. The first-order valence-corrected chi connectivity index (χ1v) is 10.0. The maximum atomic E-state index is 12.6. The summed E-state index contributed by atoms with van der Waals surface area (Å²) >= 11 is 0. The van der Waals surface area contributed by atoms with Crippen LogP contribution in [0.2, 0.25) is 0 Å². The van der Waals surface area contributed by atoms with Crippen LogP contribution in [0, 0.1) is 5.92 Å². The molecule has 3 aliphatic heterocycles. The first-order chi connectivity index (χ1) is 13.3. The van der Waals surface area contributed by atoms with E-state index in [4.69, 9.17) is 9.47 Å². The van der Waals surface area contributed by atoms with E-state index in [-0.39, 0.29) is 12.2 Å². The molecule has 27 heavy (non-hydrogen) atoms. The molecule has 1 unspecified atom stereocenters. The van der Waals surface area contributed by atoms with Gasteiger partial charge in [-0.2, -0.15) is 0 Å². The fourth-order valence-electron chi connectivity index (χ4n) is 4.19. The van der Waals surface area contributed by atoms with Crippen LogP contribution in [0.15, 0.2) is 18.5 Å². The zero-order valence-electron chi connectivity index (χ0n) is 15.8. The minimum atomic E-state index is -0.0446. The second-order valence-electron chi connectivity index (χ2n) is 7.48. The van der Waals surface area contributed by atoms with Gasteiger partial charge in [-0.25, -0.2) is 9.97 Å². The second kappa shape index (κ2) is 8.95. The highest BCUT2D eigenvalue weighted by molar-refractivity contribution is 5.76. The summed E-state index contributed by atoms with van der Waals surface area (Å²) < 4.78 is 11.3. The summed E-state index contributed by atoms with van der Waals surface area (Å²) in [6.45, 7) is 7.33. The largest absolute Gasteiger partial charge is 0.350 e. The molecule has 0 bridgehead atoms. The Kier molecular flexibility index (Phi) is 6.16. The van der Waals surface area contributed by atoms with Gasteiger partial charge in [-0.05, 0) is 25.5 Å². The number of rotatable bonds is 5. The lowest BCUT2D eigenvalue weighted by molar-refractivity contribution is -0.132. The smallest absolute Gasteiger partial charge is 0.225 e. The molecule has 0 N–H and O–H groups in total. The van der Waals surface area contributed by atoms with Crippen LogP contribution >= 0.6 is 0 Å². The lowest BCUT2D eigenvalue weighted by Crippen LogP contribution is -2.50. The first kappa shape index (κ1) is 18.6. The van der Waals surface area contributed by atoms with Gasteiger partial charge < -0.3 is 24.2 Å². The molecule has 0 aromatic carbocycles. The molecule has 1 amide bonds. The summed E-state index contributed by atoms with van der Waals surface area (Å²) in [6, 6.07) is 1.82. The molecule has 0 saturated carbocycles. The third kappa shape index (κ3) is 4.75. The molecule has 4 heterocycles. The zero-order chi connectivity index (χ0) is 18.5. The fourth-order valence-corrected chi connectivity index (χ4v) is 4.19. The number of amides is 1. The van der Waals surface area contributed by atoms with Gasteiger partial charge in [0, 0.05) is 64.0 Å². The Morgan fingerprint density at radius 2 is 1.81 bits per heavy atom. The average Bonchev–Trinajstić information content (AvgIpc) is 3.28. The van der Waals surface area contributed by atoms with Crippen molar-refractivity contribution in [3.63, 3.8) is 0 Å². The van der Waals surface area contributed by atoms with Gasteiger partial charge in [0.1, 0.15) is 0 Å². The lowest BCUT2D eigenvalue weighted by Gasteiger charge is -2.36. The second-order valence-corrected chi connectivity index (χ2v) is 7.48. The number of ether oxygens (including phenoxy) is 2. The van der Waals surface area contributed by atoms with E-state index in [0.717, 1.165) is 64.6 Å². The molecule has 3 saturated heterocycles. The van der Waals surface area contributed by atoms with E-state index in [2.05, 4.69) is 19.8 Å². The predicted octanol–water partition coefficient (Wildman–Crippen LogP) is 0.600. The Morgan fingerprint density at radius 3 is 2.56 bits per heavy atom. The van der Waals surface area contributed by atoms with Crippen molar-refractivity contribution in [1.29, 1.82) is 0 Å². The van der Waals surface area contributed by atoms with Crippen LogP contribution in [0.25, 0.3) is 0 Å². The number of piperidine rings is 1. The maximum absolute atomic E-state index is 12.6. The Bertz CT molecular complexity index is 603. The normalized spacial score (nSPS) is 25.1. The first-order valence-electron chi connectivity index (χ1n) is 10.0. The third-order valence-electron chi connectivity index (χ3n) is 5.68. The molecule has 148 valence electrons. The summed E-state index contributed by atoms with van der Waals surface area (Å²) in [7, 11) is 0. The van der Waals surface area contributed by atoms with Gasteiger partial charge in [-0.15, -0.1) is 0 Å². The number of aromatic nitrogens is 2. The number of hydrogen-bond donors (Lipinski definition) is 0. The number of hydrogen-bond acceptors (Lipinski definition) is 7. The Morgan fingerprint density at radius 1 is 1.07 bits per heavy atom. The monoisotopic (exact) mass is 375 g/mol. The van der Waals surface area contributed by atoms with E-state index < -0.39 is 0 Å². The van der Waals surface area contributed by atoms with Gasteiger partial charge >= 0.3 is 0 Å². The molecule has 8 heteroatoms. The molecule has 3 aliphatic rings. The van der Waals surface area contributed by atoms with Gasteiger partial charge in [0.25, 0.3) is 0 Å². The molecule has 1 aromatic rings. The molecular formula is C19H29N5O3. The van der Waals surface area contributed by atoms with Crippen LogP contribution < -0.4 is 4.90 Å². The highest BCUT2D eigenvalue weighted by Crippen LogP contribution is 2.25. The summed E-state index contributed by atoms with van der Waals surface area (Å²) in [5.74, 6) is 1.44. The van der Waals surface area contributed by atoms with Crippen LogP contribution in [0.4, 0.5) is 5.95 Å². The summed E-state index contributed by atoms with van der Waals surface area (Å²) in [5.41, 5.74) is 0. The van der Waals surface area contributed by atoms with E-state index in [1.165, 1.54) is 0 Å². The number of nitrogens with zero attached hydrogens (tertiary/aromatic N) is 5. The Labute approximate surface area is 160 Å². The van der Waals surface area contributed by atoms with Gasteiger partial charge in [-0.1, -0.05) is 0 Å². The van der Waals surface area contributed by atoms with Crippen LogP contribution in [-0.2, 0) is 14.3 Å². The van der Waals surface area contributed by atoms with Crippen LogP contribution in [0.5, 0.6) is 0 Å². The number of piperazine rings is 1. The Hall–Kier alpha value is -1.77. The van der Waals surface area contributed by atoms with Crippen molar-refractivity contribution in [2.75, 3.05) is 63.9 Å². The zero-order valence-corrected chi connectivity index (χ0v) is 15.8. The summed E-state index contributed by atoms with van der Waals surface area (Å²) in [5, 5.41) is 0. The number of anilines is 1. The van der Waals surface area contributed by atoms with Crippen molar-refractivity contribution < 1.29 is 14.3 Å². The molecule has 0 spiro atoms. The quantitative estimate of drug-likeness (QED) is 0.746. The molecule has 3 fully saturated rings. The van der Waals surface area contributed by atoms with E-state index >= 15 is 0 Å². The van der Waals surface area contributed by atoms with Crippen molar-refractivity contribution in [3.8, 4) is 0 Å². The van der Waals surface area contributed by atoms with Crippen LogP contribution in [0.3, 0.4) is 0 Å². The maximum Gasteiger partial charge on any atom is 0.225 e. The predicted molar refractivity (Wildman–Crippen MR) is 100 cm³/mol. The van der Waals surface area contributed by atoms with E-state index in [1.54, 1.807) is 12.4 Å². The molecule has 4 rings (SSSR count). The molecule has 0 aliphatic carbocycles. The van der Waals surface area contributed by atoms with E-state index in [9.17, 15) is 4.79 Å². The summed E-state index contributed by atoms with van der Waals surface area (Å²) in [6.07, 6.45) is 6.36. The van der Waals surface area contributed by atoms with Crippen molar-refractivity contribution in [1.82, 2.24) is 19.8 Å². The van der Waals surface area contributed by atoms with Crippen molar-refractivity contribution in [3.05, 3.63) is 18.5 Å². The van der Waals surface area contributed by atoms with Crippen molar-refractivity contribution in [2.45, 2.75) is 25.6 Å². The van der Waals surface area contributed by atoms with Gasteiger partial charge in [0.15, 0.2) is 6.29 Å². The van der Waals surface area contributed by atoms with Crippen LogP contribution in [0.1, 0.15) is 19.3 Å². The Balaban J connectivity index is 1.19. The van der Waals surface area contributed by atoms with Crippen LogP contribution in [-0.4, -0.2) is 91.0 Å². The molecule has 0 radical (unpaired) electrons. The molecule has 1 aromatic heterocycles. The molecular weight excluding hydrogens is 346 g/mol. The van der Waals surface area contributed by atoms with Crippen molar-refractivity contribution in [2.24, 2.45) is 5.92 Å². The highest BCUT2D eigenvalue weighted by Gasteiger charge is 2.31. The minimum absolute atomic E-state index is 0.0446. The third-order valence-corrected chi connectivity index (χ3v) is 5.68. The average molecular weight is 375 g/mol. The lowest BCUT2D eigenvalue weighted by atomic mass is 9.97. The van der Waals surface area contributed by atoms with Gasteiger partial charge in [0.2, 0.25) is 11.9 Å². The van der Waals surface area contributed by atoms with Gasteiger partial charge in [-0.3, -0.25) is 4.79 Å². The topological polar surface area (TPSA) is 71.0 Å². The molecule has 8 nitrogen and oxygen atoms in total. The van der Waals surface area contributed by atoms with E-state index in [1.807, 2.05) is 11.0 Å². The molecule has 1 atom stereocenters. The summed E-state index contributed by atoms with van der Waals surface area (Å²) in [4.78, 5) is 27.7. The van der Waals surface area contributed by atoms with E-state index in [0.29, 0.717) is 25.6 Å².